The summed E-state index contributed by atoms with van der Waals surface area (Å²) in [7, 11) is 3.08. The molecule has 1 N–H and O–H groups in total. The predicted octanol–water partition coefficient (Wildman–Crippen LogP) is 3.16. The van der Waals surface area contributed by atoms with Crippen LogP contribution in [0.15, 0.2) is 42.2 Å². The minimum absolute atomic E-state index is 0.171. The number of phenolic OH excluding ortho intramolecular Hbond substituents is 1. The fraction of sp³-hybridized carbons (Fsp3) is 0.167. The van der Waals surface area contributed by atoms with Gasteiger partial charge < -0.3 is 19.3 Å². The number of phenols is 1. The number of rotatable bonds is 3. The molecule has 118 valence electrons. The molecule has 0 bridgehead atoms. The lowest BCUT2D eigenvalue weighted by molar-refractivity contribution is 0.0866. The third-order valence-corrected chi connectivity index (χ3v) is 3.68. The average molecular weight is 312 g/mol. The molecule has 0 atom stereocenters. The Labute approximate surface area is 133 Å². The quantitative estimate of drug-likeness (QED) is 0.882. The van der Waals surface area contributed by atoms with Crippen LogP contribution in [-0.2, 0) is 11.3 Å². The van der Waals surface area contributed by atoms with Gasteiger partial charge in [0.05, 0.1) is 14.2 Å². The number of ether oxygens (including phenoxy) is 3. The number of hydrogen-bond acceptors (Lipinski definition) is 5. The monoisotopic (exact) mass is 312 g/mol. The first-order valence-electron chi connectivity index (χ1n) is 7.06. The molecule has 0 saturated heterocycles. The van der Waals surface area contributed by atoms with Crippen LogP contribution in [-0.4, -0.2) is 25.1 Å². The van der Waals surface area contributed by atoms with E-state index in [0.29, 0.717) is 22.6 Å². The Morgan fingerprint density at radius 3 is 2.48 bits per heavy atom. The van der Waals surface area contributed by atoms with Crippen molar-refractivity contribution in [2.45, 2.75) is 6.61 Å². The second-order valence-electron chi connectivity index (χ2n) is 5.05. The van der Waals surface area contributed by atoms with E-state index in [4.69, 9.17) is 14.2 Å². The molecule has 2 aromatic rings. The van der Waals surface area contributed by atoms with Crippen molar-refractivity contribution in [1.82, 2.24) is 0 Å². The molecule has 3 rings (SSSR count). The number of carbonyl (C=O) groups excluding carboxylic acids is 1. The third-order valence-electron chi connectivity index (χ3n) is 3.68. The second-order valence-corrected chi connectivity index (χ2v) is 5.05. The number of Topliss-reactive ketones (excluding diaryl/α,β-unsaturated/α-hetero) is 1. The van der Waals surface area contributed by atoms with E-state index < -0.39 is 0 Å². The molecule has 1 aliphatic heterocycles. The van der Waals surface area contributed by atoms with Crippen LogP contribution in [0.25, 0.3) is 6.08 Å². The number of allylic oxidation sites excluding steroid dienone is 1. The maximum Gasteiger partial charge on any atom is 0.228 e. The van der Waals surface area contributed by atoms with Crippen LogP contribution in [0, 0.1) is 0 Å². The highest BCUT2D eigenvalue weighted by Gasteiger charge is 2.28. The van der Waals surface area contributed by atoms with Gasteiger partial charge in [-0.25, -0.2) is 0 Å². The normalized spacial score (nSPS) is 15.0. The fourth-order valence-corrected chi connectivity index (χ4v) is 2.52. The topological polar surface area (TPSA) is 65.0 Å². The molecule has 0 saturated carbocycles. The van der Waals surface area contributed by atoms with E-state index in [1.165, 1.54) is 7.11 Å². The Hall–Kier alpha value is -2.95. The van der Waals surface area contributed by atoms with Gasteiger partial charge in [0.2, 0.25) is 5.78 Å². The number of fused-ring (bicyclic) bond motifs is 1. The molecule has 0 fully saturated rings. The first-order chi connectivity index (χ1) is 11.1. The van der Waals surface area contributed by atoms with E-state index in [2.05, 4.69) is 0 Å². The second kappa shape index (κ2) is 6.04. The van der Waals surface area contributed by atoms with Gasteiger partial charge in [-0.2, -0.15) is 0 Å². The van der Waals surface area contributed by atoms with Gasteiger partial charge in [-0.1, -0.05) is 12.1 Å². The van der Waals surface area contributed by atoms with Crippen molar-refractivity contribution in [2.75, 3.05) is 14.2 Å². The van der Waals surface area contributed by atoms with Gasteiger partial charge in [0.1, 0.15) is 12.4 Å². The van der Waals surface area contributed by atoms with E-state index in [1.54, 1.807) is 49.6 Å². The number of ketones is 1. The Morgan fingerprint density at radius 2 is 1.83 bits per heavy atom. The van der Waals surface area contributed by atoms with E-state index in [9.17, 15) is 9.90 Å². The van der Waals surface area contributed by atoms with E-state index in [0.717, 1.165) is 5.56 Å². The van der Waals surface area contributed by atoms with Crippen molar-refractivity contribution in [3.8, 4) is 17.2 Å². The van der Waals surface area contributed by atoms with Gasteiger partial charge in [-0.3, -0.25) is 4.79 Å². The maximum absolute atomic E-state index is 12.6. The van der Waals surface area contributed by atoms with Crippen LogP contribution in [0.1, 0.15) is 21.5 Å². The van der Waals surface area contributed by atoms with Crippen LogP contribution in [0.5, 0.6) is 17.2 Å². The summed E-state index contributed by atoms with van der Waals surface area (Å²) in [6, 6.07) is 9.96. The van der Waals surface area contributed by atoms with E-state index in [-0.39, 0.29) is 23.9 Å². The van der Waals surface area contributed by atoms with Crippen molar-refractivity contribution >= 4 is 11.9 Å². The lowest BCUT2D eigenvalue weighted by Gasteiger charge is -2.22. The van der Waals surface area contributed by atoms with Crippen LogP contribution in [0.3, 0.4) is 0 Å². The third kappa shape index (κ3) is 2.73. The average Bonchev–Trinajstić information content (AvgIpc) is 2.58. The van der Waals surface area contributed by atoms with Crippen LogP contribution >= 0.6 is 0 Å². The van der Waals surface area contributed by atoms with E-state index in [1.807, 2.05) is 0 Å². The number of benzene rings is 2. The summed E-state index contributed by atoms with van der Waals surface area (Å²) in [6.45, 7) is 0.228. The number of carbonyl (C=O) groups is 1. The lowest BCUT2D eigenvalue weighted by Crippen LogP contribution is -2.17. The van der Waals surface area contributed by atoms with Crippen molar-refractivity contribution in [3.63, 3.8) is 0 Å². The smallest absolute Gasteiger partial charge is 0.228 e. The van der Waals surface area contributed by atoms with Gasteiger partial charge in [-0.05, 0) is 35.9 Å². The van der Waals surface area contributed by atoms with Crippen molar-refractivity contribution in [1.29, 1.82) is 0 Å². The molecule has 0 amide bonds. The number of hydrogen-bond donors (Lipinski definition) is 1. The Kier molecular flexibility index (Phi) is 3.93. The minimum Gasteiger partial charge on any atom is -0.508 e. The molecule has 1 heterocycles. The molecule has 5 nitrogen and oxygen atoms in total. The lowest BCUT2D eigenvalue weighted by atomic mass is 9.98. The van der Waals surface area contributed by atoms with Gasteiger partial charge in [-0.15, -0.1) is 0 Å². The summed E-state index contributed by atoms with van der Waals surface area (Å²) in [4.78, 5) is 12.6. The Balaban J connectivity index is 1.99. The van der Waals surface area contributed by atoms with Crippen LogP contribution in [0.4, 0.5) is 0 Å². The molecular formula is C18H16O5. The molecule has 5 heteroatoms. The highest BCUT2D eigenvalue weighted by Crippen LogP contribution is 2.38. The van der Waals surface area contributed by atoms with Gasteiger partial charge >= 0.3 is 0 Å². The minimum atomic E-state index is -0.208. The zero-order valence-corrected chi connectivity index (χ0v) is 12.8. The summed E-state index contributed by atoms with van der Waals surface area (Å²) in [5.74, 6) is 1.30. The highest BCUT2D eigenvalue weighted by atomic mass is 16.5. The summed E-state index contributed by atoms with van der Waals surface area (Å²) >= 11 is 0. The molecule has 0 aliphatic carbocycles. The molecule has 1 aliphatic rings. The Morgan fingerprint density at radius 1 is 1.09 bits per heavy atom. The summed E-state index contributed by atoms with van der Waals surface area (Å²) in [6.07, 6.45) is 1.65. The van der Waals surface area contributed by atoms with Crippen molar-refractivity contribution < 1.29 is 24.1 Å². The first kappa shape index (κ1) is 15.0. The number of aromatic hydroxyl groups is 1. The largest absolute Gasteiger partial charge is 0.508 e. The molecule has 0 radical (unpaired) electrons. The molecule has 2 aromatic carbocycles. The summed E-state index contributed by atoms with van der Waals surface area (Å²) in [5.41, 5.74) is 1.99. The van der Waals surface area contributed by atoms with Gasteiger partial charge in [0, 0.05) is 11.1 Å². The van der Waals surface area contributed by atoms with E-state index >= 15 is 0 Å². The van der Waals surface area contributed by atoms with Gasteiger partial charge in [0.15, 0.2) is 17.3 Å². The zero-order chi connectivity index (χ0) is 16.4. The maximum atomic E-state index is 12.6. The Bertz CT molecular complexity index is 775. The van der Waals surface area contributed by atoms with Crippen LogP contribution < -0.4 is 9.47 Å². The SMILES string of the molecule is COc1ccc2c(c1OC)CO/C(=C\c1ccc(O)cc1)C2=O. The first-order valence-corrected chi connectivity index (χ1v) is 7.06. The zero-order valence-electron chi connectivity index (χ0n) is 12.8. The fourth-order valence-electron chi connectivity index (χ4n) is 2.52. The van der Waals surface area contributed by atoms with Crippen molar-refractivity contribution in [2.24, 2.45) is 0 Å². The molecule has 23 heavy (non-hydrogen) atoms. The summed E-state index contributed by atoms with van der Waals surface area (Å²) < 4.78 is 16.2. The van der Waals surface area contributed by atoms with Gasteiger partial charge in [0.25, 0.3) is 0 Å². The molecule has 0 aromatic heterocycles. The predicted molar refractivity (Wildman–Crippen MR) is 84.7 cm³/mol. The summed E-state index contributed by atoms with van der Waals surface area (Å²) in [5, 5.41) is 9.31. The van der Waals surface area contributed by atoms with Crippen molar-refractivity contribution in [3.05, 3.63) is 58.8 Å². The molecule has 0 spiro atoms. The molecule has 0 unspecified atom stereocenters. The highest BCUT2D eigenvalue weighted by molar-refractivity contribution is 6.12. The van der Waals surface area contributed by atoms with Crippen LogP contribution in [0.2, 0.25) is 0 Å². The standard InChI is InChI=1S/C18H16O5/c1-21-15-8-7-13-14(18(15)22-2)10-23-16(17(13)20)9-11-3-5-12(19)6-4-11/h3-9,19H,10H2,1-2H3/b16-9-. The number of methoxy groups -OCH3 is 2. The molecular weight excluding hydrogens is 296 g/mol.